The van der Waals surface area contributed by atoms with Gasteiger partial charge in [-0.2, -0.15) is 0 Å². The summed E-state index contributed by atoms with van der Waals surface area (Å²) in [5.74, 6) is -0.0250. The maximum absolute atomic E-state index is 12.3. The number of rotatable bonds is 3. The van der Waals surface area contributed by atoms with Crippen LogP contribution in [0.2, 0.25) is 0 Å². The Morgan fingerprint density at radius 3 is 2.79 bits per heavy atom. The van der Waals surface area contributed by atoms with E-state index in [1.165, 1.54) is 11.3 Å². The third-order valence-electron chi connectivity index (χ3n) is 3.84. The molecule has 3 rings (SSSR count). The van der Waals surface area contributed by atoms with Crippen LogP contribution in [0.1, 0.15) is 25.3 Å². The van der Waals surface area contributed by atoms with Gasteiger partial charge in [0.2, 0.25) is 5.91 Å². The van der Waals surface area contributed by atoms with Crippen LogP contribution < -0.4 is 0 Å². The topological polar surface area (TPSA) is 53.5 Å². The standard InChI is InChI=1S/C17H19N3O2S2/c1-19(2)17(22)16-18-13-7-9-20(10-8-14(13)24-16)15(21)6-5-12-4-3-11-23-12/h3-6,11H,7-10H2,1-2H3/b6-5+. The van der Waals surface area contributed by atoms with Gasteiger partial charge >= 0.3 is 0 Å². The van der Waals surface area contributed by atoms with Crippen LogP contribution in [0.5, 0.6) is 0 Å². The van der Waals surface area contributed by atoms with Crippen molar-refractivity contribution in [2.24, 2.45) is 0 Å². The van der Waals surface area contributed by atoms with Crippen molar-refractivity contribution in [1.29, 1.82) is 0 Å². The van der Waals surface area contributed by atoms with Gasteiger partial charge in [0.05, 0.1) is 5.69 Å². The summed E-state index contributed by atoms with van der Waals surface area (Å²) in [4.78, 5) is 34.5. The summed E-state index contributed by atoms with van der Waals surface area (Å²) < 4.78 is 0. The number of carbonyl (C=O) groups excluding carboxylic acids is 2. The lowest BCUT2D eigenvalue weighted by Gasteiger charge is -2.18. The van der Waals surface area contributed by atoms with E-state index in [-0.39, 0.29) is 11.8 Å². The van der Waals surface area contributed by atoms with E-state index in [0.29, 0.717) is 24.5 Å². The van der Waals surface area contributed by atoms with Gasteiger partial charge in [-0.25, -0.2) is 4.98 Å². The van der Waals surface area contributed by atoms with Crippen LogP contribution in [0.25, 0.3) is 6.08 Å². The van der Waals surface area contributed by atoms with E-state index in [9.17, 15) is 9.59 Å². The minimum Gasteiger partial charge on any atom is -0.343 e. The van der Waals surface area contributed by atoms with E-state index in [0.717, 1.165) is 21.9 Å². The lowest BCUT2D eigenvalue weighted by atomic mass is 10.2. The lowest BCUT2D eigenvalue weighted by Crippen LogP contribution is -2.31. The van der Waals surface area contributed by atoms with Crippen molar-refractivity contribution in [3.63, 3.8) is 0 Å². The molecule has 0 saturated heterocycles. The second-order valence-electron chi connectivity index (χ2n) is 5.76. The van der Waals surface area contributed by atoms with Crippen molar-refractivity contribution in [2.45, 2.75) is 12.8 Å². The summed E-state index contributed by atoms with van der Waals surface area (Å²) in [6.45, 7) is 1.30. The summed E-state index contributed by atoms with van der Waals surface area (Å²) >= 11 is 3.07. The zero-order valence-corrected chi connectivity index (χ0v) is 15.3. The number of fused-ring (bicyclic) bond motifs is 1. The van der Waals surface area contributed by atoms with Gasteiger partial charge in [-0.15, -0.1) is 22.7 Å². The predicted molar refractivity (Wildman–Crippen MR) is 97.5 cm³/mol. The fourth-order valence-corrected chi connectivity index (χ4v) is 4.25. The monoisotopic (exact) mass is 361 g/mol. The first-order chi connectivity index (χ1) is 11.5. The maximum Gasteiger partial charge on any atom is 0.282 e. The van der Waals surface area contributed by atoms with E-state index in [1.54, 1.807) is 36.4 Å². The highest BCUT2D eigenvalue weighted by Crippen LogP contribution is 2.24. The Labute approximate surface area is 149 Å². The molecule has 0 bridgehead atoms. The minimum absolute atomic E-state index is 0.0307. The van der Waals surface area contributed by atoms with Gasteiger partial charge in [0.1, 0.15) is 0 Å². The highest BCUT2D eigenvalue weighted by atomic mass is 32.1. The average Bonchev–Trinajstić information content (AvgIpc) is 3.18. The summed E-state index contributed by atoms with van der Waals surface area (Å²) in [6, 6.07) is 3.96. The molecule has 0 saturated carbocycles. The van der Waals surface area contributed by atoms with Gasteiger partial charge in [0.15, 0.2) is 5.01 Å². The van der Waals surface area contributed by atoms with Crippen LogP contribution in [0.4, 0.5) is 0 Å². The maximum atomic E-state index is 12.3. The van der Waals surface area contributed by atoms with E-state index in [2.05, 4.69) is 4.98 Å². The minimum atomic E-state index is -0.0557. The van der Waals surface area contributed by atoms with Crippen LogP contribution >= 0.6 is 22.7 Å². The Balaban J connectivity index is 1.65. The summed E-state index contributed by atoms with van der Waals surface area (Å²) in [7, 11) is 3.46. The van der Waals surface area contributed by atoms with Gasteiger partial charge < -0.3 is 9.80 Å². The number of nitrogens with zero attached hydrogens (tertiary/aromatic N) is 3. The summed E-state index contributed by atoms with van der Waals surface area (Å²) in [6.07, 6.45) is 4.96. The number of hydrogen-bond acceptors (Lipinski definition) is 5. The van der Waals surface area contributed by atoms with Crippen molar-refractivity contribution < 1.29 is 9.59 Å². The third kappa shape index (κ3) is 3.73. The fraction of sp³-hybridized carbons (Fsp3) is 0.353. The van der Waals surface area contributed by atoms with E-state index in [4.69, 9.17) is 0 Å². The molecule has 0 aromatic carbocycles. The molecule has 7 heteroatoms. The normalized spacial score (nSPS) is 14.5. The van der Waals surface area contributed by atoms with Crippen molar-refractivity contribution >= 4 is 40.6 Å². The molecular formula is C17H19N3O2S2. The van der Waals surface area contributed by atoms with Gasteiger partial charge in [-0.3, -0.25) is 9.59 Å². The molecule has 2 amide bonds. The highest BCUT2D eigenvalue weighted by Gasteiger charge is 2.23. The second kappa shape index (κ2) is 7.27. The number of hydrogen-bond donors (Lipinski definition) is 0. The van der Waals surface area contributed by atoms with Gasteiger partial charge in [0, 0.05) is 55.9 Å². The van der Waals surface area contributed by atoms with E-state index < -0.39 is 0 Å². The Kier molecular flexibility index (Phi) is 5.11. The molecule has 1 aliphatic rings. The molecule has 0 spiro atoms. The summed E-state index contributed by atoms with van der Waals surface area (Å²) in [5, 5.41) is 2.54. The molecule has 1 aliphatic heterocycles. The molecule has 126 valence electrons. The predicted octanol–water partition coefficient (Wildman–Crippen LogP) is 2.55. The fourth-order valence-electron chi connectivity index (χ4n) is 2.51. The first kappa shape index (κ1) is 16.9. The zero-order chi connectivity index (χ0) is 17.1. The number of thiophene rings is 1. The second-order valence-corrected chi connectivity index (χ2v) is 7.83. The van der Waals surface area contributed by atoms with Gasteiger partial charge in [-0.05, 0) is 17.5 Å². The first-order valence-corrected chi connectivity index (χ1v) is 9.45. The van der Waals surface area contributed by atoms with Crippen molar-refractivity contribution in [3.8, 4) is 0 Å². The van der Waals surface area contributed by atoms with Crippen molar-refractivity contribution in [1.82, 2.24) is 14.8 Å². The van der Waals surface area contributed by atoms with Gasteiger partial charge in [0.25, 0.3) is 5.91 Å². The third-order valence-corrected chi connectivity index (χ3v) is 5.82. The number of carbonyl (C=O) groups is 2. The number of thiazole rings is 1. The molecule has 3 heterocycles. The molecule has 0 aliphatic carbocycles. The van der Waals surface area contributed by atoms with Crippen molar-refractivity contribution in [2.75, 3.05) is 27.2 Å². The summed E-state index contributed by atoms with van der Waals surface area (Å²) in [5.41, 5.74) is 0.961. The SMILES string of the molecule is CN(C)C(=O)c1nc2c(s1)CCN(C(=O)/C=C/c1cccs1)CC2. The first-order valence-electron chi connectivity index (χ1n) is 7.75. The largest absolute Gasteiger partial charge is 0.343 e. The Bertz CT molecular complexity index is 737. The smallest absolute Gasteiger partial charge is 0.282 e. The molecule has 0 atom stereocenters. The lowest BCUT2D eigenvalue weighted by molar-refractivity contribution is -0.125. The van der Waals surface area contributed by atoms with E-state index >= 15 is 0 Å². The number of aromatic nitrogens is 1. The average molecular weight is 361 g/mol. The van der Waals surface area contributed by atoms with Crippen LogP contribution in [0.3, 0.4) is 0 Å². The van der Waals surface area contributed by atoms with Crippen LogP contribution in [0.15, 0.2) is 23.6 Å². The molecule has 2 aromatic heterocycles. The molecule has 2 aromatic rings. The number of amides is 2. The zero-order valence-electron chi connectivity index (χ0n) is 13.7. The van der Waals surface area contributed by atoms with E-state index in [1.807, 2.05) is 28.5 Å². The molecular weight excluding hydrogens is 342 g/mol. The molecule has 5 nitrogen and oxygen atoms in total. The Morgan fingerprint density at radius 1 is 1.29 bits per heavy atom. The van der Waals surface area contributed by atoms with Crippen LogP contribution in [0, 0.1) is 0 Å². The molecule has 0 radical (unpaired) electrons. The Hall–Kier alpha value is -1.99. The quantitative estimate of drug-likeness (QED) is 0.790. The van der Waals surface area contributed by atoms with Gasteiger partial charge in [-0.1, -0.05) is 6.07 Å². The molecule has 0 N–H and O–H groups in total. The van der Waals surface area contributed by atoms with Crippen LogP contribution in [-0.4, -0.2) is 53.8 Å². The molecule has 24 heavy (non-hydrogen) atoms. The molecule has 0 fully saturated rings. The Morgan fingerprint density at radius 2 is 2.08 bits per heavy atom. The van der Waals surface area contributed by atoms with Crippen molar-refractivity contribution in [3.05, 3.63) is 44.0 Å². The van der Waals surface area contributed by atoms with Crippen LogP contribution in [-0.2, 0) is 17.6 Å². The highest BCUT2D eigenvalue weighted by molar-refractivity contribution is 7.13. The molecule has 0 unspecified atom stereocenters.